The van der Waals surface area contributed by atoms with Crippen LogP contribution in [-0.2, 0) is 4.79 Å². The number of hydrogen-bond donors (Lipinski definition) is 1. The molecule has 4 heteroatoms. The van der Waals surface area contributed by atoms with Crippen molar-refractivity contribution in [2.45, 2.75) is 39.2 Å². The molecule has 0 fully saturated rings. The summed E-state index contributed by atoms with van der Waals surface area (Å²) in [6.07, 6.45) is 7.11. The van der Waals surface area contributed by atoms with E-state index >= 15 is 0 Å². The first-order valence-electron chi connectivity index (χ1n) is 9.00. The van der Waals surface area contributed by atoms with Crippen molar-refractivity contribution in [3.8, 4) is 5.75 Å². The Morgan fingerprint density at radius 3 is 2.75 bits per heavy atom. The number of ether oxygens (including phenoxy) is 1. The fourth-order valence-electron chi connectivity index (χ4n) is 3.34. The van der Waals surface area contributed by atoms with Gasteiger partial charge in [0.05, 0.1) is 13.2 Å². The van der Waals surface area contributed by atoms with E-state index in [1.165, 1.54) is 5.56 Å². The van der Waals surface area contributed by atoms with Crippen LogP contribution in [0.25, 0.3) is 0 Å². The van der Waals surface area contributed by atoms with Gasteiger partial charge in [-0.1, -0.05) is 38.1 Å². The van der Waals surface area contributed by atoms with Crippen molar-refractivity contribution in [3.05, 3.63) is 42.0 Å². The molecule has 0 bridgehead atoms. The number of nitrogens with zero attached hydrogens (tertiary/aromatic N) is 1. The number of rotatable bonds is 8. The Bertz CT molecular complexity index is 552. The Morgan fingerprint density at radius 1 is 1.33 bits per heavy atom. The van der Waals surface area contributed by atoms with Crippen molar-refractivity contribution in [1.29, 1.82) is 0 Å². The topological polar surface area (TPSA) is 41.6 Å². The molecule has 0 heterocycles. The molecule has 0 saturated heterocycles. The van der Waals surface area contributed by atoms with Gasteiger partial charge < -0.3 is 10.1 Å². The van der Waals surface area contributed by atoms with Gasteiger partial charge in [-0.25, -0.2) is 0 Å². The first-order valence-corrected chi connectivity index (χ1v) is 9.00. The normalized spacial score (nSPS) is 18.4. The summed E-state index contributed by atoms with van der Waals surface area (Å²) in [5, 5.41) is 3.18. The lowest BCUT2D eigenvalue weighted by Crippen LogP contribution is -2.40. The molecule has 1 aliphatic rings. The molecule has 2 unspecified atom stereocenters. The lowest BCUT2D eigenvalue weighted by Gasteiger charge is -2.31. The Kier molecular flexibility index (Phi) is 7.32. The van der Waals surface area contributed by atoms with Gasteiger partial charge >= 0.3 is 0 Å². The van der Waals surface area contributed by atoms with E-state index < -0.39 is 0 Å². The maximum Gasteiger partial charge on any atom is 0.223 e. The number of carbonyl (C=O) groups is 1. The zero-order chi connectivity index (χ0) is 17.4. The van der Waals surface area contributed by atoms with Gasteiger partial charge in [-0.2, -0.15) is 0 Å². The number of amides is 1. The number of likely N-dealkylation sites (N-methyl/N-ethyl adjacent to an activating group) is 1. The number of benzene rings is 1. The van der Waals surface area contributed by atoms with Gasteiger partial charge in [0.15, 0.2) is 0 Å². The summed E-state index contributed by atoms with van der Waals surface area (Å²) in [7, 11) is 1.68. The molecule has 0 aromatic heterocycles. The first-order chi connectivity index (χ1) is 11.7. The van der Waals surface area contributed by atoms with Gasteiger partial charge in [-0.05, 0) is 50.0 Å². The average molecular weight is 330 g/mol. The van der Waals surface area contributed by atoms with Crippen LogP contribution in [0.5, 0.6) is 5.75 Å². The molecule has 24 heavy (non-hydrogen) atoms. The molecule has 1 aliphatic carbocycles. The van der Waals surface area contributed by atoms with Crippen LogP contribution < -0.4 is 10.1 Å². The zero-order valence-electron chi connectivity index (χ0n) is 15.1. The minimum absolute atomic E-state index is 0.123. The Hall–Kier alpha value is -1.81. The summed E-state index contributed by atoms with van der Waals surface area (Å²) >= 11 is 0. The van der Waals surface area contributed by atoms with Crippen LogP contribution in [0.2, 0.25) is 0 Å². The molecule has 1 amide bonds. The molecule has 1 aromatic rings. The van der Waals surface area contributed by atoms with Gasteiger partial charge in [0, 0.05) is 12.5 Å². The number of hydrogen-bond acceptors (Lipinski definition) is 3. The molecule has 132 valence electrons. The highest BCUT2D eigenvalue weighted by molar-refractivity contribution is 5.79. The minimum atomic E-state index is 0.123. The largest absolute Gasteiger partial charge is 0.497 e. The standard InChI is InChI=1S/C20H30N2O2/c1-4-22(5-2)19(17-12-9-13-18(14-17)24-3)15-21-20(23)16-10-7-6-8-11-16/h6-7,9,12-14,16,19H,4-5,8,10-11,15H2,1-3H3,(H,21,23). The molecule has 0 spiro atoms. The summed E-state index contributed by atoms with van der Waals surface area (Å²) in [5.41, 5.74) is 1.18. The van der Waals surface area contributed by atoms with E-state index in [9.17, 15) is 4.79 Å². The summed E-state index contributed by atoms with van der Waals surface area (Å²) in [4.78, 5) is 14.8. The van der Waals surface area contributed by atoms with Crippen molar-refractivity contribution in [3.63, 3.8) is 0 Å². The lowest BCUT2D eigenvalue weighted by atomic mass is 9.93. The first kappa shape index (κ1) is 18.5. The summed E-state index contributed by atoms with van der Waals surface area (Å²) in [6, 6.07) is 8.31. The molecule has 1 aromatic carbocycles. The molecular weight excluding hydrogens is 300 g/mol. The maximum absolute atomic E-state index is 12.5. The fourth-order valence-corrected chi connectivity index (χ4v) is 3.34. The summed E-state index contributed by atoms with van der Waals surface area (Å²) in [5.74, 6) is 1.16. The van der Waals surface area contributed by atoms with E-state index in [1.807, 2.05) is 12.1 Å². The SMILES string of the molecule is CCN(CC)C(CNC(=O)C1CC=CCC1)c1cccc(OC)c1. The van der Waals surface area contributed by atoms with Gasteiger partial charge in [-0.15, -0.1) is 0 Å². The Labute approximate surface area is 145 Å². The Balaban J connectivity index is 2.08. The van der Waals surface area contributed by atoms with E-state index in [1.54, 1.807) is 7.11 Å². The predicted molar refractivity (Wildman–Crippen MR) is 98.1 cm³/mol. The lowest BCUT2D eigenvalue weighted by molar-refractivity contribution is -0.125. The van der Waals surface area contributed by atoms with Gasteiger partial charge in [0.25, 0.3) is 0 Å². The molecule has 0 radical (unpaired) electrons. The van der Waals surface area contributed by atoms with Crippen LogP contribution in [-0.4, -0.2) is 37.6 Å². The third-order valence-electron chi connectivity index (χ3n) is 4.84. The summed E-state index contributed by atoms with van der Waals surface area (Å²) < 4.78 is 5.36. The molecule has 2 rings (SSSR count). The number of allylic oxidation sites excluding steroid dienone is 2. The fraction of sp³-hybridized carbons (Fsp3) is 0.550. The molecule has 4 nitrogen and oxygen atoms in total. The van der Waals surface area contributed by atoms with Crippen LogP contribution in [0.4, 0.5) is 0 Å². The highest BCUT2D eigenvalue weighted by Gasteiger charge is 2.23. The number of methoxy groups -OCH3 is 1. The van der Waals surface area contributed by atoms with Crippen LogP contribution in [0.15, 0.2) is 36.4 Å². The van der Waals surface area contributed by atoms with Crippen molar-refractivity contribution in [2.24, 2.45) is 5.92 Å². The smallest absolute Gasteiger partial charge is 0.223 e. The Morgan fingerprint density at radius 2 is 2.12 bits per heavy atom. The van der Waals surface area contributed by atoms with Crippen molar-refractivity contribution in [1.82, 2.24) is 10.2 Å². The van der Waals surface area contributed by atoms with E-state index in [0.29, 0.717) is 6.54 Å². The van der Waals surface area contributed by atoms with E-state index in [-0.39, 0.29) is 17.9 Å². The van der Waals surface area contributed by atoms with Crippen LogP contribution in [0.1, 0.15) is 44.7 Å². The van der Waals surface area contributed by atoms with Crippen molar-refractivity contribution >= 4 is 5.91 Å². The second-order valence-corrected chi connectivity index (χ2v) is 6.24. The minimum Gasteiger partial charge on any atom is -0.497 e. The second-order valence-electron chi connectivity index (χ2n) is 6.24. The molecule has 0 saturated carbocycles. The van der Waals surface area contributed by atoms with Crippen molar-refractivity contribution < 1.29 is 9.53 Å². The van der Waals surface area contributed by atoms with Gasteiger partial charge in [0.1, 0.15) is 5.75 Å². The monoisotopic (exact) mass is 330 g/mol. The van der Waals surface area contributed by atoms with E-state index in [4.69, 9.17) is 4.74 Å². The molecule has 0 aliphatic heterocycles. The third kappa shape index (κ3) is 4.84. The highest BCUT2D eigenvalue weighted by atomic mass is 16.5. The van der Waals surface area contributed by atoms with E-state index in [0.717, 1.165) is 38.1 Å². The third-order valence-corrected chi connectivity index (χ3v) is 4.84. The van der Waals surface area contributed by atoms with Gasteiger partial charge in [-0.3, -0.25) is 9.69 Å². The second kappa shape index (κ2) is 9.48. The highest BCUT2D eigenvalue weighted by Crippen LogP contribution is 2.24. The number of carbonyl (C=O) groups excluding carboxylic acids is 1. The summed E-state index contributed by atoms with van der Waals surface area (Å²) in [6.45, 7) is 6.84. The average Bonchev–Trinajstić information content (AvgIpc) is 2.65. The zero-order valence-corrected chi connectivity index (χ0v) is 15.1. The maximum atomic E-state index is 12.5. The van der Waals surface area contributed by atoms with Crippen molar-refractivity contribution in [2.75, 3.05) is 26.7 Å². The van der Waals surface area contributed by atoms with Crippen LogP contribution in [0, 0.1) is 5.92 Å². The quantitative estimate of drug-likeness (QED) is 0.741. The predicted octanol–water partition coefficient (Wildman–Crippen LogP) is 3.55. The number of nitrogens with one attached hydrogen (secondary N) is 1. The van der Waals surface area contributed by atoms with Gasteiger partial charge in [0.2, 0.25) is 5.91 Å². The van der Waals surface area contributed by atoms with Crippen LogP contribution in [0.3, 0.4) is 0 Å². The van der Waals surface area contributed by atoms with Crippen LogP contribution >= 0.6 is 0 Å². The molecule has 2 atom stereocenters. The molecular formula is C20H30N2O2. The molecule has 1 N–H and O–H groups in total. The van der Waals surface area contributed by atoms with E-state index in [2.05, 4.69) is 48.3 Å².